The lowest BCUT2D eigenvalue weighted by atomic mass is 10.2. The maximum atomic E-state index is 12.1. The van der Waals surface area contributed by atoms with Crippen molar-refractivity contribution in [3.05, 3.63) is 45.7 Å². The zero-order valence-corrected chi connectivity index (χ0v) is 13.3. The van der Waals surface area contributed by atoms with E-state index in [9.17, 15) is 14.4 Å². The van der Waals surface area contributed by atoms with E-state index in [0.717, 1.165) is 0 Å². The van der Waals surface area contributed by atoms with E-state index in [1.54, 1.807) is 18.4 Å². The largest absolute Gasteiger partial charge is 0.366 e. The summed E-state index contributed by atoms with van der Waals surface area (Å²) in [6.45, 7) is 0. The predicted octanol–water partition coefficient (Wildman–Crippen LogP) is 0.800. The molecule has 124 valence electrons. The van der Waals surface area contributed by atoms with E-state index in [4.69, 9.17) is 11.6 Å². The van der Waals surface area contributed by atoms with Gasteiger partial charge in [-0.1, -0.05) is 28.2 Å². The number of thioether (sulfide) groups is 1. The van der Waals surface area contributed by atoms with Gasteiger partial charge in [0.05, 0.1) is 0 Å². The first-order valence-corrected chi connectivity index (χ1v) is 7.69. The standard InChI is InChI=1S/C13H13N7O3S/c1-24-13-17-10(8(11(22)18-13)12(23)19-20-15)16-7-4-2-3-6(5-7)9(14)21/h2-5H,1H3,(H2,14,21)(H2,15,19,23)(H2,16,17,18,22). The summed E-state index contributed by atoms with van der Waals surface area (Å²) in [5.41, 5.74) is 4.84. The Morgan fingerprint density at radius 3 is 2.75 bits per heavy atom. The maximum Gasteiger partial charge on any atom is 0.306 e. The molecule has 2 amide bonds. The van der Waals surface area contributed by atoms with Crippen molar-refractivity contribution < 1.29 is 9.59 Å². The van der Waals surface area contributed by atoms with Crippen LogP contribution in [0.2, 0.25) is 0 Å². The van der Waals surface area contributed by atoms with Gasteiger partial charge in [0, 0.05) is 11.3 Å². The van der Waals surface area contributed by atoms with E-state index in [2.05, 4.69) is 25.6 Å². The molecule has 0 atom stereocenters. The lowest BCUT2D eigenvalue weighted by Gasteiger charge is -2.10. The first-order chi connectivity index (χ1) is 11.5. The minimum absolute atomic E-state index is 0.0397. The molecule has 0 fully saturated rings. The van der Waals surface area contributed by atoms with Gasteiger partial charge in [0.2, 0.25) is 5.91 Å². The van der Waals surface area contributed by atoms with Crippen molar-refractivity contribution in [1.29, 1.82) is 0 Å². The number of hydrogen-bond acceptors (Lipinski definition) is 7. The quantitative estimate of drug-likeness (QED) is 0.204. The highest BCUT2D eigenvalue weighted by atomic mass is 32.2. The molecule has 24 heavy (non-hydrogen) atoms. The second kappa shape index (κ2) is 7.37. The Balaban J connectivity index is 2.53. The number of aromatic nitrogens is 2. The summed E-state index contributed by atoms with van der Waals surface area (Å²) in [5, 5.41) is 9.12. The van der Waals surface area contributed by atoms with Gasteiger partial charge in [-0.3, -0.25) is 14.4 Å². The van der Waals surface area contributed by atoms with Crippen molar-refractivity contribution in [3.8, 4) is 0 Å². The zero-order valence-electron chi connectivity index (χ0n) is 12.4. The summed E-state index contributed by atoms with van der Waals surface area (Å²) in [6.07, 6.45) is 1.71. The molecule has 2 rings (SSSR count). The number of hydrogen-bond donors (Lipinski definition) is 4. The molecule has 0 bridgehead atoms. The van der Waals surface area contributed by atoms with Crippen molar-refractivity contribution in [3.63, 3.8) is 0 Å². The number of anilines is 2. The Labute approximate surface area is 139 Å². The van der Waals surface area contributed by atoms with Crippen LogP contribution < -0.4 is 22.5 Å². The molecular formula is C13H13N7O3S. The molecule has 0 aliphatic heterocycles. The molecule has 0 radical (unpaired) electrons. The van der Waals surface area contributed by atoms with Gasteiger partial charge < -0.3 is 21.9 Å². The van der Waals surface area contributed by atoms with Crippen molar-refractivity contribution in [2.45, 2.75) is 5.16 Å². The normalized spacial score (nSPS) is 10.7. The lowest BCUT2D eigenvalue weighted by molar-refractivity contribution is 0.0987. The molecule has 0 saturated carbocycles. The molecule has 1 heterocycles. The molecule has 1 aromatic carbocycles. The Morgan fingerprint density at radius 1 is 1.38 bits per heavy atom. The second-order valence-electron chi connectivity index (χ2n) is 4.39. The van der Waals surface area contributed by atoms with Gasteiger partial charge in [-0.2, -0.15) is 0 Å². The molecule has 0 unspecified atom stereocenters. The van der Waals surface area contributed by atoms with Gasteiger partial charge in [-0.25, -0.2) is 4.98 Å². The summed E-state index contributed by atoms with van der Waals surface area (Å²) in [6, 6.07) is 6.20. The molecule has 6 N–H and O–H groups in total. The van der Waals surface area contributed by atoms with Gasteiger partial charge in [0.25, 0.3) is 5.56 Å². The average molecular weight is 347 g/mol. The van der Waals surface area contributed by atoms with Crippen molar-refractivity contribution in [1.82, 2.24) is 9.97 Å². The number of rotatable bonds is 5. The molecule has 11 heteroatoms. The van der Waals surface area contributed by atoms with E-state index < -0.39 is 17.4 Å². The molecule has 2 aromatic rings. The third-order valence-electron chi connectivity index (χ3n) is 2.86. The Morgan fingerprint density at radius 2 is 2.12 bits per heavy atom. The molecular weight excluding hydrogens is 334 g/mol. The molecule has 0 spiro atoms. The van der Waals surface area contributed by atoms with Gasteiger partial charge in [0.15, 0.2) is 16.5 Å². The number of amides is 2. The Bertz CT molecular complexity index is 878. The van der Waals surface area contributed by atoms with Crippen LogP contribution in [0.3, 0.4) is 0 Å². The van der Waals surface area contributed by atoms with E-state index in [0.29, 0.717) is 5.69 Å². The van der Waals surface area contributed by atoms with Crippen molar-refractivity contribution in [2.75, 3.05) is 11.6 Å². The van der Waals surface area contributed by atoms with Crippen LogP contribution in [-0.2, 0) is 0 Å². The number of carbonyl (C=O) groups is 2. The number of nitrogens with one attached hydrogen (secondary N) is 2. The lowest BCUT2D eigenvalue weighted by Crippen LogP contribution is -2.21. The summed E-state index contributed by atoms with van der Waals surface area (Å²) < 4.78 is 0. The van der Waals surface area contributed by atoms with Crippen LogP contribution in [-0.4, -0.2) is 28.0 Å². The third kappa shape index (κ3) is 3.76. The minimum Gasteiger partial charge on any atom is -0.366 e. The Kier molecular flexibility index (Phi) is 5.27. The van der Waals surface area contributed by atoms with Gasteiger partial charge in [-0.05, 0) is 24.5 Å². The number of carbonyl (C=O) groups excluding carboxylic acids is 2. The van der Waals surface area contributed by atoms with Crippen LogP contribution in [0, 0.1) is 0 Å². The molecule has 0 aliphatic carbocycles. The summed E-state index contributed by atoms with van der Waals surface area (Å²) in [4.78, 5) is 41.9. The summed E-state index contributed by atoms with van der Waals surface area (Å²) >= 11 is 1.18. The zero-order chi connectivity index (χ0) is 17.7. The summed E-state index contributed by atoms with van der Waals surface area (Å²) in [5.74, 6) is 3.25. The molecule has 0 aliphatic rings. The van der Waals surface area contributed by atoms with Crippen LogP contribution in [0.15, 0.2) is 44.6 Å². The number of aromatic amines is 1. The van der Waals surface area contributed by atoms with Gasteiger partial charge >= 0.3 is 5.91 Å². The predicted molar refractivity (Wildman–Crippen MR) is 88.3 cm³/mol. The first kappa shape index (κ1) is 17.1. The van der Waals surface area contributed by atoms with Crippen LogP contribution in [0.1, 0.15) is 20.7 Å². The third-order valence-corrected chi connectivity index (χ3v) is 3.44. The summed E-state index contributed by atoms with van der Waals surface area (Å²) in [7, 11) is 0. The fourth-order valence-corrected chi connectivity index (χ4v) is 2.20. The monoisotopic (exact) mass is 347 g/mol. The van der Waals surface area contributed by atoms with E-state index in [1.165, 1.54) is 23.9 Å². The van der Waals surface area contributed by atoms with Crippen LogP contribution in [0.25, 0.3) is 0 Å². The average Bonchev–Trinajstić information content (AvgIpc) is 2.54. The Hall–Kier alpha value is -3.21. The maximum absolute atomic E-state index is 12.1. The van der Waals surface area contributed by atoms with Gasteiger partial charge in [0.1, 0.15) is 0 Å². The minimum atomic E-state index is -0.951. The molecule has 1 aromatic heterocycles. The SMILES string of the molecule is CSc1nc(Nc2cccc(C(N)=O)c2)c(C(=O)N=NN)c(=O)[nH]1. The number of nitrogens with zero attached hydrogens (tertiary/aromatic N) is 3. The fraction of sp³-hybridized carbons (Fsp3) is 0.0769. The highest BCUT2D eigenvalue weighted by Gasteiger charge is 2.19. The fourth-order valence-electron chi connectivity index (χ4n) is 1.83. The van der Waals surface area contributed by atoms with Crippen LogP contribution in [0.4, 0.5) is 11.5 Å². The smallest absolute Gasteiger partial charge is 0.306 e. The van der Waals surface area contributed by atoms with E-state index in [-0.39, 0.29) is 22.1 Å². The number of nitrogens with two attached hydrogens (primary N) is 2. The van der Waals surface area contributed by atoms with E-state index >= 15 is 0 Å². The van der Waals surface area contributed by atoms with Gasteiger partial charge in [-0.15, -0.1) is 0 Å². The number of H-pyrrole nitrogens is 1. The van der Waals surface area contributed by atoms with Crippen molar-refractivity contribution >= 4 is 35.1 Å². The highest BCUT2D eigenvalue weighted by Crippen LogP contribution is 2.20. The number of primary amides is 1. The second-order valence-corrected chi connectivity index (χ2v) is 5.18. The van der Waals surface area contributed by atoms with E-state index in [1.807, 2.05) is 0 Å². The molecule has 0 saturated heterocycles. The molecule has 10 nitrogen and oxygen atoms in total. The highest BCUT2D eigenvalue weighted by molar-refractivity contribution is 7.98. The van der Waals surface area contributed by atoms with Crippen LogP contribution in [0.5, 0.6) is 0 Å². The first-order valence-electron chi connectivity index (χ1n) is 6.46. The number of benzene rings is 1. The van der Waals surface area contributed by atoms with Crippen LogP contribution >= 0.6 is 11.8 Å². The van der Waals surface area contributed by atoms with Crippen molar-refractivity contribution in [2.24, 2.45) is 21.9 Å². The topological polar surface area (TPSA) is 169 Å².